The number of ether oxygens (including phenoxy) is 1. The number of pyridine rings is 1. The van der Waals surface area contributed by atoms with Crippen LogP contribution in [-0.4, -0.2) is 28.0 Å². The first-order chi connectivity index (χ1) is 17.1. The van der Waals surface area contributed by atoms with Crippen LogP contribution in [0.5, 0.6) is 11.6 Å². The van der Waals surface area contributed by atoms with Gasteiger partial charge in [-0.05, 0) is 91.4 Å². The van der Waals surface area contributed by atoms with Gasteiger partial charge in [-0.2, -0.15) is 0 Å². The standard InChI is InChI=1S/C27H26N6O2/c1-17-15-20(31-27(34)32-21-9-8-18-5-3-6-19(18)16-21)10-11-24(17)35-25-22(7-4-13-29-25)23-12-14-30-26(28-2)33-23/h4,7-16H,3,5-6H2,1-2H3,(H,28,30,33)(H2,31,32,34). The zero-order valence-electron chi connectivity index (χ0n) is 19.6. The van der Waals surface area contributed by atoms with E-state index < -0.39 is 0 Å². The van der Waals surface area contributed by atoms with Gasteiger partial charge in [0.15, 0.2) is 0 Å². The van der Waals surface area contributed by atoms with E-state index in [1.54, 1.807) is 25.5 Å². The first kappa shape index (κ1) is 22.3. The van der Waals surface area contributed by atoms with Gasteiger partial charge in [0.05, 0.1) is 11.3 Å². The van der Waals surface area contributed by atoms with Crippen LogP contribution in [0, 0.1) is 6.92 Å². The van der Waals surface area contributed by atoms with Crippen LogP contribution in [0.3, 0.4) is 0 Å². The Morgan fingerprint density at radius 3 is 2.54 bits per heavy atom. The summed E-state index contributed by atoms with van der Waals surface area (Å²) in [6, 6.07) is 16.9. The van der Waals surface area contributed by atoms with Crippen LogP contribution < -0.4 is 20.7 Å². The van der Waals surface area contributed by atoms with E-state index in [1.165, 1.54) is 17.5 Å². The van der Waals surface area contributed by atoms with E-state index in [0.717, 1.165) is 29.7 Å². The molecule has 2 aromatic heterocycles. The zero-order chi connectivity index (χ0) is 24.2. The highest BCUT2D eigenvalue weighted by molar-refractivity contribution is 6.00. The minimum Gasteiger partial charge on any atom is -0.438 e. The summed E-state index contributed by atoms with van der Waals surface area (Å²) in [6.07, 6.45) is 6.72. The molecule has 8 nitrogen and oxygen atoms in total. The number of aromatic nitrogens is 3. The molecule has 0 unspecified atom stereocenters. The highest BCUT2D eigenvalue weighted by Gasteiger charge is 2.14. The van der Waals surface area contributed by atoms with Crippen LogP contribution in [0.25, 0.3) is 11.3 Å². The zero-order valence-corrected chi connectivity index (χ0v) is 19.6. The van der Waals surface area contributed by atoms with E-state index >= 15 is 0 Å². The van der Waals surface area contributed by atoms with Gasteiger partial charge in [0.1, 0.15) is 5.75 Å². The van der Waals surface area contributed by atoms with Gasteiger partial charge in [0.2, 0.25) is 11.8 Å². The Hall–Kier alpha value is -4.46. The van der Waals surface area contributed by atoms with E-state index in [4.69, 9.17) is 4.74 Å². The number of carbonyl (C=O) groups excluding carboxylic acids is 1. The number of carbonyl (C=O) groups is 1. The Morgan fingerprint density at radius 2 is 1.71 bits per heavy atom. The number of amides is 2. The third-order valence-corrected chi connectivity index (χ3v) is 5.92. The monoisotopic (exact) mass is 466 g/mol. The minimum atomic E-state index is -0.285. The molecule has 2 aromatic carbocycles. The van der Waals surface area contributed by atoms with E-state index in [0.29, 0.717) is 29.0 Å². The van der Waals surface area contributed by atoms with Crippen molar-refractivity contribution in [1.82, 2.24) is 15.0 Å². The van der Waals surface area contributed by atoms with Crippen molar-refractivity contribution in [3.05, 3.63) is 83.7 Å². The van der Waals surface area contributed by atoms with Crippen LogP contribution in [0.2, 0.25) is 0 Å². The fourth-order valence-electron chi connectivity index (χ4n) is 4.19. The number of nitrogens with one attached hydrogen (secondary N) is 3. The second-order valence-electron chi connectivity index (χ2n) is 8.37. The molecule has 2 amide bonds. The molecule has 0 saturated carbocycles. The van der Waals surface area contributed by atoms with E-state index in [9.17, 15) is 4.79 Å². The second kappa shape index (κ2) is 9.80. The molecule has 0 fully saturated rings. The smallest absolute Gasteiger partial charge is 0.323 e. The molecule has 5 rings (SSSR count). The highest BCUT2D eigenvalue weighted by atomic mass is 16.5. The molecule has 0 bridgehead atoms. The quantitative estimate of drug-likeness (QED) is 0.331. The molecule has 0 radical (unpaired) electrons. The normalized spacial score (nSPS) is 12.1. The number of benzene rings is 2. The molecule has 0 atom stereocenters. The maximum absolute atomic E-state index is 12.5. The number of rotatable bonds is 6. The summed E-state index contributed by atoms with van der Waals surface area (Å²) in [5.74, 6) is 1.59. The van der Waals surface area contributed by atoms with Gasteiger partial charge in [-0.1, -0.05) is 6.07 Å². The van der Waals surface area contributed by atoms with Crippen molar-refractivity contribution in [1.29, 1.82) is 0 Å². The molecule has 1 aliphatic carbocycles. The van der Waals surface area contributed by atoms with Crippen molar-refractivity contribution < 1.29 is 9.53 Å². The van der Waals surface area contributed by atoms with Crippen molar-refractivity contribution in [3.63, 3.8) is 0 Å². The summed E-state index contributed by atoms with van der Waals surface area (Å²) < 4.78 is 6.15. The second-order valence-corrected chi connectivity index (χ2v) is 8.37. The van der Waals surface area contributed by atoms with E-state index in [1.807, 2.05) is 43.3 Å². The maximum atomic E-state index is 12.5. The molecule has 3 N–H and O–H groups in total. The molecule has 4 aromatic rings. The van der Waals surface area contributed by atoms with Crippen molar-refractivity contribution >= 4 is 23.4 Å². The Kier molecular flexibility index (Phi) is 6.26. The topological polar surface area (TPSA) is 101 Å². The van der Waals surface area contributed by atoms with Crippen molar-refractivity contribution in [2.45, 2.75) is 26.2 Å². The average molecular weight is 467 g/mol. The van der Waals surface area contributed by atoms with E-state index in [2.05, 4.69) is 43.0 Å². The van der Waals surface area contributed by atoms with Crippen molar-refractivity contribution in [3.8, 4) is 22.9 Å². The lowest BCUT2D eigenvalue weighted by Gasteiger charge is -2.14. The lowest BCUT2D eigenvalue weighted by Crippen LogP contribution is -2.19. The minimum absolute atomic E-state index is 0.285. The number of hydrogen-bond donors (Lipinski definition) is 3. The molecule has 2 heterocycles. The molecule has 1 aliphatic rings. The van der Waals surface area contributed by atoms with Gasteiger partial charge in [-0.15, -0.1) is 0 Å². The summed E-state index contributed by atoms with van der Waals surface area (Å²) >= 11 is 0. The number of fused-ring (bicyclic) bond motifs is 1. The van der Waals surface area contributed by atoms with Crippen LogP contribution in [-0.2, 0) is 12.8 Å². The molecular formula is C27H26N6O2. The van der Waals surface area contributed by atoms with Gasteiger partial charge >= 0.3 is 6.03 Å². The first-order valence-corrected chi connectivity index (χ1v) is 11.5. The Balaban J connectivity index is 1.29. The van der Waals surface area contributed by atoms with Crippen LogP contribution in [0.15, 0.2) is 67.0 Å². The molecule has 0 spiro atoms. The van der Waals surface area contributed by atoms with Crippen molar-refractivity contribution in [2.75, 3.05) is 23.0 Å². The van der Waals surface area contributed by atoms with E-state index in [-0.39, 0.29) is 6.03 Å². The molecule has 8 heteroatoms. The maximum Gasteiger partial charge on any atom is 0.323 e. The van der Waals surface area contributed by atoms with Gasteiger partial charge < -0.3 is 20.7 Å². The molecule has 0 aliphatic heterocycles. The summed E-state index contributed by atoms with van der Waals surface area (Å²) in [5.41, 5.74) is 6.47. The number of nitrogens with zero attached hydrogens (tertiary/aromatic N) is 3. The van der Waals surface area contributed by atoms with Crippen LogP contribution in [0.1, 0.15) is 23.1 Å². The Morgan fingerprint density at radius 1 is 0.914 bits per heavy atom. The van der Waals surface area contributed by atoms with Gasteiger partial charge in [0.25, 0.3) is 0 Å². The van der Waals surface area contributed by atoms with Gasteiger partial charge in [-0.3, -0.25) is 0 Å². The number of urea groups is 1. The fraction of sp³-hybridized carbons (Fsp3) is 0.185. The predicted octanol–water partition coefficient (Wildman–Crippen LogP) is 5.81. The van der Waals surface area contributed by atoms with Gasteiger partial charge in [0, 0.05) is 30.8 Å². The summed E-state index contributed by atoms with van der Waals surface area (Å²) in [4.78, 5) is 25.6. The lowest BCUT2D eigenvalue weighted by molar-refractivity contribution is 0.262. The highest BCUT2D eigenvalue weighted by Crippen LogP contribution is 2.33. The molecule has 176 valence electrons. The number of aryl methyl sites for hydroxylation is 3. The largest absolute Gasteiger partial charge is 0.438 e. The third-order valence-electron chi connectivity index (χ3n) is 5.92. The van der Waals surface area contributed by atoms with Crippen molar-refractivity contribution in [2.24, 2.45) is 0 Å². The Labute approximate surface area is 203 Å². The average Bonchev–Trinajstić information content (AvgIpc) is 3.34. The fourth-order valence-corrected chi connectivity index (χ4v) is 4.19. The number of hydrogen-bond acceptors (Lipinski definition) is 6. The third kappa shape index (κ3) is 5.06. The molecular weight excluding hydrogens is 440 g/mol. The SMILES string of the molecule is CNc1nccc(-c2cccnc2Oc2ccc(NC(=O)Nc3ccc4c(c3)CCC4)cc2C)n1. The van der Waals surface area contributed by atoms with Crippen LogP contribution in [0.4, 0.5) is 22.1 Å². The molecule has 35 heavy (non-hydrogen) atoms. The Bertz CT molecular complexity index is 1390. The lowest BCUT2D eigenvalue weighted by atomic mass is 10.1. The molecule has 0 saturated heterocycles. The first-order valence-electron chi connectivity index (χ1n) is 11.5. The summed E-state index contributed by atoms with van der Waals surface area (Å²) in [5, 5.41) is 8.76. The predicted molar refractivity (Wildman–Crippen MR) is 137 cm³/mol. The summed E-state index contributed by atoms with van der Waals surface area (Å²) in [7, 11) is 1.77. The summed E-state index contributed by atoms with van der Waals surface area (Å²) in [6.45, 7) is 1.92. The number of anilines is 3. The van der Waals surface area contributed by atoms with Gasteiger partial charge in [-0.25, -0.2) is 19.7 Å². The van der Waals surface area contributed by atoms with Crippen LogP contribution >= 0.6 is 0 Å².